The van der Waals surface area contributed by atoms with Crippen LogP contribution in [0.1, 0.15) is 23.7 Å². The molecule has 0 bridgehead atoms. The van der Waals surface area contributed by atoms with Gasteiger partial charge in [-0.25, -0.2) is 0 Å². The molecule has 4 rings (SSSR count). The van der Waals surface area contributed by atoms with Crippen molar-refractivity contribution in [2.24, 2.45) is 0 Å². The molecular formula is C15H14N2O3. The average Bonchev–Trinajstić information content (AvgIpc) is 3.18. The Kier molecular flexibility index (Phi) is 2.60. The van der Waals surface area contributed by atoms with E-state index in [0.29, 0.717) is 24.1 Å². The predicted molar refractivity (Wildman–Crippen MR) is 72.4 cm³/mol. The topological polar surface area (TPSA) is 61.3 Å². The average molecular weight is 270 g/mol. The molecule has 1 atom stereocenters. The van der Waals surface area contributed by atoms with Crippen molar-refractivity contribution in [3.63, 3.8) is 0 Å². The van der Waals surface area contributed by atoms with Crippen LogP contribution in [0.4, 0.5) is 0 Å². The van der Waals surface area contributed by atoms with Crippen molar-refractivity contribution in [2.45, 2.75) is 19.3 Å². The lowest BCUT2D eigenvalue weighted by Crippen LogP contribution is -1.99. The van der Waals surface area contributed by atoms with Gasteiger partial charge in [0.15, 0.2) is 11.6 Å². The molecule has 0 saturated carbocycles. The van der Waals surface area contributed by atoms with Crippen LogP contribution in [0.15, 0.2) is 33.2 Å². The molecule has 1 fully saturated rings. The van der Waals surface area contributed by atoms with E-state index in [1.165, 1.54) is 0 Å². The Morgan fingerprint density at radius 2 is 2.25 bits per heavy atom. The third-order valence-corrected chi connectivity index (χ3v) is 3.69. The minimum atomic E-state index is 0.235. The molecule has 2 aromatic heterocycles. The van der Waals surface area contributed by atoms with E-state index in [4.69, 9.17) is 13.7 Å². The summed E-state index contributed by atoms with van der Waals surface area (Å²) < 4.78 is 16.5. The second kappa shape index (κ2) is 4.45. The number of rotatable bonds is 2. The lowest BCUT2D eigenvalue weighted by molar-refractivity contribution is 0.192. The van der Waals surface area contributed by atoms with Crippen molar-refractivity contribution < 1.29 is 13.7 Å². The van der Waals surface area contributed by atoms with Gasteiger partial charge in [-0.2, -0.15) is 4.98 Å². The Balaban J connectivity index is 1.73. The van der Waals surface area contributed by atoms with Crippen LogP contribution >= 0.6 is 0 Å². The van der Waals surface area contributed by atoms with E-state index in [1.807, 2.05) is 31.2 Å². The smallest absolute Gasteiger partial charge is 0.293 e. The van der Waals surface area contributed by atoms with Gasteiger partial charge in [0, 0.05) is 17.9 Å². The summed E-state index contributed by atoms with van der Waals surface area (Å²) in [5.74, 6) is 1.99. The Labute approximate surface area is 115 Å². The number of para-hydroxylation sites is 1. The third kappa shape index (κ3) is 1.82. The zero-order valence-electron chi connectivity index (χ0n) is 11.1. The summed E-state index contributed by atoms with van der Waals surface area (Å²) in [5.41, 5.74) is 1.96. The van der Waals surface area contributed by atoms with Crippen LogP contribution in [-0.4, -0.2) is 23.4 Å². The molecule has 0 spiro atoms. The molecule has 1 aromatic carbocycles. The van der Waals surface area contributed by atoms with Gasteiger partial charge >= 0.3 is 0 Å². The second-order valence-electron chi connectivity index (χ2n) is 5.12. The SMILES string of the molecule is Cc1cccc2cc(-c3nc(C4CCOC4)no3)oc12. The van der Waals surface area contributed by atoms with E-state index in [1.54, 1.807) is 0 Å². The van der Waals surface area contributed by atoms with Crippen LogP contribution in [0.3, 0.4) is 0 Å². The first kappa shape index (κ1) is 11.7. The fourth-order valence-corrected chi connectivity index (χ4v) is 2.55. The maximum atomic E-state index is 5.83. The summed E-state index contributed by atoms with van der Waals surface area (Å²) in [5, 5.41) is 5.09. The predicted octanol–water partition coefficient (Wildman–Crippen LogP) is 3.30. The van der Waals surface area contributed by atoms with Gasteiger partial charge in [0.25, 0.3) is 5.89 Å². The highest BCUT2D eigenvalue weighted by Gasteiger charge is 2.24. The van der Waals surface area contributed by atoms with Gasteiger partial charge in [-0.15, -0.1) is 0 Å². The van der Waals surface area contributed by atoms with Gasteiger partial charge in [0.05, 0.1) is 6.61 Å². The maximum Gasteiger partial charge on any atom is 0.293 e. The summed E-state index contributed by atoms with van der Waals surface area (Å²) in [4.78, 5) is 4.44. The molecule has 0 N–H and O–H groups in total. The number of hydrogen-bond acceptors (Lipinski definition) is 5. The van der Waals surface area contributed by atoms with Crippen LogP contribution in [0.2, 0.25) is 0 Å². The lowest BCUT2D eigenvalue weighted by Gasteiger charge is -1.97. The minimum absolute atomic E-state index is 0.235. The number of hydrogen-bond donors (Lipinski definition) is 0. The minimum Gasteiger partial charge on any atom is -0.451 e. The summed E-state index contributed by atoms with van der Waals surface area (Å²) in [6.45, 7) is 3.45. The first-order chi connectivity index (χ1) is 9.81. The maximum absolute atomic E-state index is 5.83. The molecule has 5 nitrogen and oxygen atoms in total. The molecule has 1 saturated heterocycles. The van der Waals surface area contributed by atoms with E-state index in [2.05, 4.69) is 10.1 Å². The largest absolute Gasteiger partial charge is 0.451 e. The lowest BCUT2D eigenvalue weighted by atomic mass is 10.1. The number of aromatic nitrogens is 2. The van der Waals surface area contributed by atoms with Crippen molar-refractivity contribution in [3.8, 4) is 11.7 Å². The van der Waals surface area contributed by atoms with Gasteiger partial charge < -0.3 is 13.7 Å². The molecule has 0 aliphatic carbocycles. The number of furan rings is 1. The van der Waals surface area contributed by atoms with Crippen molar-refractivity contribution in [3.05, 3.63) is 35.7 Å². The van der Waals surface area contributed by atoms with Crippen molar-refractivity contribution >= 4 is 11.0 Å². The Morgan fingerprint density at radius 3 is 3.05 bits per heavy atom. The van der Waals surface area contributed by atoms with Crippen molar-refractivity contribution in [1.82, 2.24) is 10.1 Å². The fraction of sp³-hybridized carbons (Fsp3) is 0.333. The molecule has 20 heavy (non-hydrogen) atoms. The van der Waals surface area contributed by atoms with Crippen LogP contribution in [0.5, 0.6) is 0 Å². The quantitative estimate of drug-likeness (QED) is 0.715. The standard InChI is InChI=1S/C15H14N2O3/c1-9-3-2-4-10-7-12(19-13(9)10)15-16-14(17-20-15)11-5-6-18-8-11/h2-4,7,11H,5-6,8H2,1H3. The van der Waals surface area contributed by atoms with Crippen molar-refractivity contribution in [1.29, 1.82) is 0 Å². The highest BCUT2D eigenvalue weighted by atomic mass is 16.5. The molecule has 1 aliphatic heterocycles. The molecule has 0 radical (unpaired) electrons. The number of aryl methyl sites for hydroxylation is 1. The molecule has 1 aliphatic rings. The van der Waals surface area contributed by atoms with E-state index < -0.39 is 0 Å². The Hall–Kier alpha value is -2.14. The Morgan fingerprint density at radius 1 is 1.30 bits per heavy atom. The molecule has 1 unspecified atom stereocenters. The zero-order valence-corrected chi connectivity index (χ0v) is 11.1. The Bertz CT molecular complexity index is 753. The second-order valence-corrected chi connectivity index (χ2v) is 5.12. The van der Waals surface area contributed by atoms with Gasteiger partial charge in [-0.1, -0.05) is 23.4 Å². The number of nitrogens with zero attached hydrogens (tertiary/aromatic N) is 2. The molecule has 5 heteroatoms. The number of benzene rings is 1. The number of fused-ring (bicyclic) bond motifs is 1. The first-order valence-corrected chi connectivity index (χ1v) is 6.72. The van der Waals surface area contributed by atoms with Crippen LogP contribution in [0, 0.1) is 6.92 Å². The van der Waals surface area contributed by atoms with E-state index >= 15 is 0 Å². The number of ether oxygens (including phenoxy) is 1. The fourth-order valence-electron chi connectivity index (χ4n) is 2.55. The van der Waals surface area contributed by atoms with Crippen molar-refractivity contribution in [2.75, 3.05) is 13.2 Å². The van der Waals surface area contributed by atoms with Gasteiger partial charge in [0.1, 0.15) is 5.58 Å². The normalized spacial score (nSPS) is 18.9. The third-order valence-electron chi connectivity index (χ3n) is 3.69. The van der Waals surface area contributed by atoms with E-state index in [-0.39, 0.29) is 5.92 Å². The molecule has 3 heterocycles. The van der Waals surface area contributed by atoms with Gasteiger partial charge in [-0.05, 0) is 25.0 Å². The highest BCUT2D eigenvalue weighted by Crippen LogP contribution is 2.30. The van der Waals surface area contributed by atoms with Gasteiger partial charge in [0.2, 0.25) is 0 Å². The van der Waals surface area contributed by atoms with Crippen LogP contribution in [0.25, 0.3) is 22.6 Å². The summed E-state index contributed by atoms with van der Waals surface area (Å²) in [7, 11) is 0. The highest BCUT2D eigenvalue weighted by molar-refractivity contribution is 5.83. The zero-order chi connectivity index (χ0) is 13.5. The summed E-state index contributed by atoms with van der Waals surface area (Å²) in [6.07, 6.45) is 0.943. The van der Waals surface area contributed by atoms with Crippen LogP contribution < -0.4 is 0 Å². The molecule has 3 aromatic rings. The summed E-state index contributed by atoms with van der Waals surface area (Å²) in [6, 6.07) is 7.97. The molecular weight excluding hydrogens is 256 g/mol. The first-order valence-electron chi connectivity index (χ1n) is 6.72. The van der Waals surface area contributed by atoms with Crippen LogP contribution in [-0.2, 0) is 4.74 Å². The molecule has 0 amide bonds. The van der Waals surface area contributed by atoms with Gasteiger partial charge in [-0.3, -0.25) is 0 Å². The van der Waals surface area contributed by atoms with E-state index in [0.717, 1.165) is 29.6 Å². The monoisotopic (exact) mass is 270 g/mol. The summed E-state index contributed by atoms with van der Waals surface area (Å²) >= 11 is 0. The van der Waals surface area contributed by atoms with E-state index in [9.17, 15) is 0 Å². The molecule has 102 valence electrons.